The molecule has 0 heterocycles. The molecule has 0 saturated carbocycles. The Morgan fingerprint density at radius 3 is 2.77 bits per heavy atom. The lowest BCUT2D eigenvalue weighted by atomic mass is 10.4. The summed E-state index contributed by atoms with van der Waals surface area (Å²) >= 11 is 1.79. The maximum atomic E-state index is 11.1. The largest absolute Gasteiger partial charge is 0.355 e. The van der Waals surface area contributed by atoms with Crippen molar-refractivity contribution in [2.24, 2.45) is 0 Å². The Hall–Kier alpha value is -0.220. The maximum absolute atomic E-state index is 11.1. The zero-order chi connectivity index (χ0) is 10.1. The van der Waals surface area contributed by atoms with E-state index in [1.807, 2.05) is 6.92 Å². The van der Waals surface area contributed by atoms with Crippen LogP contribution >= 0.6 is 11.8 Å². The first-order valence-electron chi connectivity index (χ1n) is 4.69. The molecular weight excluding hydrogens is 184 g/mol. The van der Waals surface area contributed by atoms with Gasteiger partial charge in [-0.1, -0.05) is 6.92 Å². The molecule has 0 fully saturated rings. The third-order valence-electron chi connectivity index (χ3n) is 1.60. The Morgan fingerprint density at radius 2 is 2.23 bits per heavy atom. The molecule has 0 aromatic rings. The zero-order valence-corrected chi connectivity index (χ0v) is 9.54. The highest BCUT2D eigenvalue weighted by atomic mass is 32.2. The van der Waals surface area contributed by atoms with Crippen LogP contribution in [0.5, 0.6) is 0 Å². The average molecular weight is 204 g/mol. The van der Waals surface area contributed by atoms with Gasteiger partial charge in [0, 0.05) is 18.3 Å². The fraction of sp³-hybridized carbons (Fsp3) is 0.889. The molecule has 0 spiro atoms. The minimum absolute atomic E-state index is 0.0924. The predicted molar refractivity (Wildman–Crippen MR) is 59.1 cm³/mol. The van der Waals surface area contributed by atoms with Crippen LogP contribution in [0.4, 0.5) is 0 Å². The van der Waals surface area contributed by atoms with Crippen LogP contribution in [0.2, 0.25) is 0 Å². The van der Waals surface area contributed by atoms with Crippen molar-refractivity contribution in [2.45, 2.75) is 26.3 Å². The van der Waals surface area contributed by atoms with Crippen molar-refractivity contribution in [3.63, 3.8) is 0 Å². The van der Waals surface area contributed by atoms with Crippen LogP contribution in [0.15, 0.2) is 0 Å². The van der Waals surface area contributed by atoms with E-state index in [1.165, 1.54) is 0 Å². The summed E-state index contributed by atoms with van der Waals surface area (Å²) < 4.78 is 0. The Morgan fingerprint density at radius 1 is 1.54 bits per heavy atom. The summed E-state index contributed by atoms with van der Waals surface area (Å²) in [7, 11) is 0. The van der Waals surface area contributed by atoms with Gasteiger partial charge in [0.25, 0.3) is 0 Å². The van der Waals surface area contributed by atoms with Gasteiger partial charge in [-0.05, 0) is 19.6 Å². The molecule has 0 aliphatic carbocycles. The van der Waals surface area contributed by atoms with Crippen LogP contribution in [0, 0.1) is 0 Å². The Balaban J connectivity index is 3.34. The van der Waals surface area contributed by atoms with Gasteiger partial charge in [0.15, 0.2) is 0 Å². The third kappa shape index (κ3) is 8.12. The van der Waals surface area contributed by atoms with Gasteiger partial charge in [-0.2, -0.15) is 11.8 Å². The number of carbonyl (C=O) groups excluding carboxylic acids is 1. The quantitative estimate of drug-likeness (QED) is 0.646. The first-order chi connectivity index (χ1) is 6.20. The molecule has 1 unspecified atom stereocenters. The van der Waals surface area contributed by atoms with Gasteiger partial charge in [0.05, 0.1) is 6.54 Å². The predicted octanol–water partition coefficient (Wildman–Crippen LogP) is 0.854. The molecule has 4 heteroatoms. The standard InChI is InChI=1S/C9H20N2OS/c1-4-5-10-9(12)6-11-8(2)7-13-3/h8,11H,4-7H2,1-3H3,(H,10,12). The summed E-state index contributed by atoms with van der Waals surface area (Å²) in [4.78, 5) is 11.1. The minimum Gasteiger partial charge on any atom is -0.355 e. The van der Waals surface area contributed by atoms with E-state index in [0.717, 1.165) is 18.7 Å². The molecule has 0 bridgehead atoms. The highest BCUT2D eigenvalue weighted by Crippen LogP contribution is 1.94. The molecule has 0 aliphatic heterocycles. The number of nitrogens with one attached hydrogen (secondary N) is 2. The van der Waals surface area contributed by atoms with Crippen molar-refractivity contribution in [3.8, 4) is 0 Å². The van der Waals surface area contributed by atoms with Crippen LogP contribution < -0.4 is 10.6 Å². The topological polar surface area (TPSA) is 41.1 Å². The molecule has 2 N–H and O–H groups in total. The van der Waals surface area contributed by atoms with Crippen molar-refractivity contribution in [1.29, 1.82) is 0 Å². The second kappa shape index (κ2) is 8.38. The second-order valence-electron chi connectivity index (χ2n) is 3.09. The highest BCUT2D eigenvalue weighted by Gasteiger charge is 2.03. The summed E-state index contributed by atoms with van der Waals surface area (Å²) in [6.45, 7) is 5.34. The van der Waals surface area contributed by atoms with Gasteiger partial charge in [-0.3, -0.25) is 4.79 Å². The van der Waals surface area contributed by atoms with E-state index in [-0.39, 0.29) is 5.91 Å². The van der Waals surface area contributed by atoms with Crippen molar-refractivity contribution in [3.05, 3.63) is 0 Å². The number of hydrogen-bond acceptors (Lipinski definition) is 3. The Bertz CT molecular complexity index is 142. The highest BCUT2D eigenvalue weighted by molar-refractivity contribution is 7.98. The van der Waals surface area contributed by atoms with Crippen molar-refractivity contribution in [2.75, 3.05) is 25.1 Å². The first-order valence-corrected chi connectivity index (χ1v) is 6.09. The molecule has 13 heavy (non-hydrogen) atoms. The molecule has 1 atom stereocenters. The van der Waals surface area contributed by atoms with E-state index in [9.17, 15) is 4.79 Å². The number of carbonyl (C=O) groups is 1. The van der Waals surface area contributed by atoms with E-state index in [0.29, 0.717) is 12.6 Å². The van der Waals surface area contributed by atoms with Gasteiger partial charge in [0.1, 0.15) is 0 Å². The van der Waals surface area contributed by atoms with Crippen molar-refractivity contribution in [1.82, 2.24) is 10.6 Å². The first kappa shape index (κ1) is 12.8. The van der Waals surface area contributed by atoms with E-state index >= 15 is 0 Å². The average Bonchev–Trinajstić information content (AvgIpc) is 2.12. The summed E-state index contributed by atoms with van der Waals surface area (Å²) in [6.07, 6.45) is 3.06. The lowest BCUT2D eigenvalue weighted by molar-refractivity contribution is -0.120. The van der Waals surface area contributed by atoms with Gasteiger partial charge < -0.3 is 10.6 Å². The summed E-state index contributed by atoms with van der Waals surface area (Å²) in [5.74, 6) is 1.14. The third-order valence-corrected chi connectivity index (χ3v) is 2.43. The second-order valence-corrected chi connectivity index (χ2v) is 4.00. The summed E-state index contributed by atoms with van der Waals surface area (Å²) in [6, 6.07) is 0.405. The normalized spacial score (nSPS) is 12.5. The van der Waals surface area contributed by atoms with E-state index in [1.54, 1.807) is 11.8 Å². The van der Waals surface area contributed by atoms with Crippen LogP contribution in [-0.2, 0) is 4.79 Å². The Labute approximate surface area is 85.0 Å². The van der Waals surface area contributed by atoms with Crippen LogP contribution in [0.3, 0.4) is 0 Å². The van der Waals surface area contributed by atoms with Crippen molar-refractivity contribution < 1.29 is 4.79 Å². The number of amides is 1. The zero-order valence-electron chi connectivity index (χ0n) is 8.72. The van der Waals surface area contributed by atoms with Crippen LogP contribution in [0.25, 0.3) is 0 Å². The molecule has 0 saturated heterocycles. The van der Waals surface area contributed by atoms with E-state index in [4.69, 9.17) is 0 Å². The molecular formula is C9H20N2OS. The molecule has 3 nitrogen and oxygen atoms in total. The molecule has 78 valence electrons. The van der Waals surface area contributed by atoms with Gasteiger partial charge >= 0.3 is 0 Å². The van der Waals surface area contributed by atoms with E-state index in [2.05, 4.69) is 23.8 Å². The lowest BCUT2D eigenvalue weighted by Crippen LogP contribution is -2.39. The monoisotopic (exact) mass is 204 g/mol. The number of thioether (sulfide) groups is 1. The molecule has 0 rings (SSSR count). The van der Waals surface area contributed by atoms with Crippen LogP contribution in [-0.4, -0.2) is 37.0 Å². The minimum atomic E-state index is 0.0924. The lowest BCUT2D eigenvalue weighted by Gasteiger charge is -2.11. The van der Waals surface area contributed by atoms with Crippen molar-refractivity contribution >= 4 is 17.7 Å². The fourth-order valence-corrected chi connectivity index (χ4v) is 1.52. The van der Waals surface area contributed by atoms with Crippen LogP contribution in [0.1, 0.15) is 20.3 Å². The SMILES string of the molecule is CCCNC(=O)CNC(C)CSC. The van der Waals surface area contributed by atoms with Gasteiger partial charge in [-0.25, -0.2) is 0 Å². The number of rotatable bonds is 7. The maximum Gasteiger partial charge on any atom is 0.233 e. The molecule has 0 aromatic heterocycles. The summed E-state index contributed by atoms with van der Waals surface area (Å²) in [5, 5.41) is 5.98. The van der Waals surface area contributed by atoms with Gasteiger partial charge in [0.2, 0.25) is 5.91 Å². The smallest absolute Gasteiger partial charge is 0.233 e. The van der Waals surface area contributed by atoms with Gasteiger partial charge in [-0.15, -0.1) is 0 Å². The Kier molecular flexibility index (Phi) is 8.24. The fourth-order valence-electron chi connectivity index (χ4n) is 0.903. The molecule has 0 radical (unpaired) electrons. The van der Waals surface area contributed by atoms with E-state index < -0.39 is 0 Å². The summed E-state index contributed by atoms with van der Waals surface area (Å²) in [5.41, 5.74) is 0. The molecule has 1 amide bonds. The molecule has 0 aliphatic rings. The molecule has 0 aromatic carbocycles. The number of hydrogen-bond donors (Lipinski definition) is 2.